The number of carbonyl (C=O) groups excluding carboxylic acids is 1. The van der Waals surface area contributed by atoms with E-state index in [4.69, 9.17) is 9.47 Å². The van der Waals surface area contributed by atoms with Crippen LogP contribution in [0.15, 0.2) is 18.2 Å². The molecule has 0 amide bonds. The molecule has 0 spiro atoms. The number of ether oxygens (including phenoxy) is 2. The molecule has 0 aromatic heterocycles. The molecule has 0 bridgehead atoms. The summed E-state index contributed by atoms with van der Waals surface area (Å²) < 4.78 is 10.3. The van der Waals surface area contributed by atoms with Gasteiger partial charge in [0.25, 0.3) is 0 Å². The number of hydrogen-bond acceptors (Lipinski definition) is 4. The van der Waals surface area contributed by atoms with Gasteiger partial charge in [0.2, 0.25) is 0 Å². The van der Waals surface area contributed by atoms with Gasteiger partial charge in [0.15, 0.2) is 0 Å². The van der Waals surface area contributed by atoms with Crippen molar-refractivity contribution >= 4 is 11.7 Å². The number of anilines is 1. The van der Waals surface area contributed by atoms with Crippen LogP contribution in [0.3, 0.4) is 0 Å². The third-order valence-electron chi connectivity index (χ3n) is 2.33. The SMILES string of the molecule is COC(=O)c1cccc2c1NCC(C)O2. The van der Waals surface area contributed by atoms with Gasteiger partial charge >= 0.3 is 5.97 Å². The summed E-state index contributed by atoms with van der Waals surface area (Å²) in [5, 5.41) is 3.17. The molecule has 0 saturated heterocycles. The molecule has 15 heavy (non-hydrogen) atoms. The highest BCUT2D eigenvalue weighted by atomic mass is 16.5. The molecule has 80 valence electrons. The van der Waals surface area contributed by atoms with Gasteiger partial charge in [-0.05, 0) is 19.1 Å². The number of hydrogen-bond donors (Lipinski definition) is 1. The first-order valence-corrected chi connectivity index (χ1v) is 4.84. The predicted octanol–water partition coefficient (Wildman–Crippen LogP) is 1.67. The molecule has 1 aromatic carbocycles. The zero-order valence-corrected chi connectivity index (χ0v) is 8.74. The minimum Gasteiger partial charge on any atom is -0.487 e. The summed E-state index contributed by atoms with van der Waals surface area (Å²) in [6.45, 7) is 2.67. The van der Waals surface area contributed by atoms with Crippen LogP contribution >= 0.6 is 0 Å². The summed E-state index contributed by atoms with van der Waals surface area (Å²) in [6, 6.07) is 5.34. The second-order valence-electron chi connectivity index (χ2n) is 3.48. The standard InChI is InChI=1S/C11H13NO3/c1-7-6-12-10-8(11(13)14-2)4-3-5-9(10)15-7/h3-5,7,12H,6H2,1-2H3. The highest BCUT2D eigenvalue weighted by molar-refractivity contribution is 5.97. The molecule has 0 fully saturated rings. The van der Waals surface area contributed by atoms with Crippen LogP contribution in [0, 0.1) is 0 Å². The Balaban J connectivity index is 2.42. The summed E-state index contributed by atoms with van der Waals surface area (Å²) in [7, 11) is 1.37. The van der Waals surface area contributed by atoms with E-state index < -0.39 is 0 Å². The van der Waals surface area contributed by atoms with Gasteiger partial charge in [-0.25, -0.2) is 4.79 Å². The topological polar surface area (TPSA) is 47.6 Å². The van der Waals surface area contributed by atoms with Crippen LogP contribution in [-0.2, 0) is 4.74 Å². The molecule has 1 heterocycles. The van der Waals surface area contributed by atoms with Crippen molar-refractivity contribution in [3.05, 3.63) is 23.8 Å². The lowest BCUT2D eigenvalue weighted by Gasteiger charge is -2.25. The highest BCUT2D eigenvalue weighted by Gasteiger charge is 2.21. The van der Waals surface area contributed by atoms with Crippen LogP contribution in [0.1, 0.15) is 17.3 Å². The number of rotatable bonds is 1. The Bertz CT molecular complexity index is 389. The third kappa shape index (κ3) is 1.75. The molecule has 1 aromatic rings. The van der Waals surface area contributed by atoms with Crippen molar-refractivity contribution in [1.29, 1.82) is 0 Å². The maximum atomic E-state index is 11.4. The number of esters is 1. The Kier molecular flexibility index (Phi) is 2.49. The van der Waals surface area contributed by atoms with E-state index in [9.17, 15) is 4.79 Å². The molecule has 0 radical (unpaired) electrons. The van der Waals surface area contributed by atoms with Crippen molar-refractivity contribution in [1.82, 2.24) is 0 Å². The second-order valence-corrected chi connectivity index (χ2v) is 3.48. The normalized spacial score (nSPS) is 18.4. The fraction of sp³-hybridized carbons (Fsp3) is 0.364. The van der Waals surface area contributed by atoms with Crippen LogP contribution in [0.2, 0.25) is 0 Å². The number of fused-ring (bicyclic) bond motifs is 1. The molecule has 1 aliphatic rings. The van der Waals surface area contributed by atoms with Crippen molar-refractivity contribution in [3.8, 4) is 5.75 Å². The minimum absolute atomic E-state index is 0.116. The molecular weight excluding hydrogens is 194 g/mol. The van der Waals surface area contributed by atoms with E-state index in [1.165, 1.54) is 7.11 Å². The van der Waals surface area contributed by atoms with Crippen LogP contribution < -0.4 is 10.1 Å². The number of para-hydroxylation sites is 1. The molecular formula is C11H13NO3. The average molecular weight is 207 g/mol. The van der Waals surface area contributed by atoms with Crippen LogP contribution in [0.4, 0.5) is 5.69 Å². The van der Waals surface area contributed by atoms with Gasteiger partial charge in [-0.2, -0.15) is 0 Å². The van der Waals surface area contributed by atoms with Crippen molar-refractivity contribution in [2.24, 2.45) is 0 Å². The molecule has 0 aliphatic carbocycles. The Morgan fingerprint density at radius 2 is 2.40 bits per heavy atom. The predicted molar refractivity (Wildman–Crippen MR) is 56.4 cm³/mol. The summed E-state index contributed by atoms with van der Waals surface area (Å²) in [4.78, 5) is 11.4. The lowest BCUT2D eigenvalue weighted by atomic mass is 10.1. The number of benzene rings is 1. The molecule has 1 N–H and O–H groups in total. The molecule has 1 aliphatic heterocycles. The Morgan fingerprint density at radius 1 is 1.60 bits per heavy atom. The first-order valence-electron chi connectivity index (χ1n) is 4.84. The van der Waals surface area contributed by atoms with Crippen molar-refractivity contribution in [2.75, 3.05) is 19.0 Å². The Hall–Kier alpha value is -1.71. The van der Waals surface area contributed by atoms with Gasteiger partial charge < -0.3 is 14.8 Å². The molecule has 0 saturated carbocycles. The summed E-state index contributed by atoms with van der Waals surface area (Å²) in [5.74, 6) is 0.356. The zero-order chi connectivity index (χ0) is 10.8. The van der Waals surface area contributed by atoms with Gasteiger partial charge in [-0.1, -0.05) is 6.07 Å². The molecule has 1 atom stereocenters. The highest BCUT2D eigenvalue weighted by Crippen LogP contribution is 2.32. The Morgan fingerprint density at radius 3 is 3.13 bits per heavy atom. The summed E-state index contributed by atoms with van der Waals surface area (Å²) in [5.41, 5.74) is 1.24. The maximum absolute atomic E-state index is 11.4. The monoisotopic (exact) mass is 207 g/mol. The van der Waals surface area contributed by atoms with Crippen molar-refractivity contribution in [3.63, 3.8) is 0 Å². The fourth-order valence-electron chi connectivity index (χ4n) is 1.60. The number of nitrogens with one attached hydrogen (secondary N) is 1. The molecule has 4 nitrogen and oxygen atoms in total. The van der Waals surface area contributed by atoms with E-state index in [2.05, 4.69) is 5.32 Å². The first kappa shape index (κ1) is 9.83. The zero-order valence-electron chi connectivity index (χ0n) is 8.74. The second kappa shape index (κ2) is 3.81. The fourth-order valence-corrected chi connectivity index (χ4v) is 1.60. The Labute approximate surface area is 88.2 Å². The minimum atomic E-state index is -0.350. The van der Waals surface area contributed by atoms with Gasteiger partial charge in [0.05, 0.1) is 24.9 Å². The van der Waals surface area contributed by atoms with Crippen molar-refractivity contribution in [2.45, 2.75) is 13.0 Å². The van der Waals surface area contributed by atoms with Crippen LogP contribution in [-0.4, -0.2) is 25.7 Å². The van der Waals surface area contributed by atoms with E-state index in [-0.39, 0.29) is 12.1 Å². The van der Waals surface area contributed by atoms with Gasteiger partial charge in [-0.15, -0.1) is 0 Å². The van der Waals surface area contributed by atoms with E-state index in [0.717, 1.165) is 5.69 Å². The van der Waals surface area contributed by atoms with E-state index in [1.54, 1.807) is 12.1 Å². The lowest BCUT2D eigenvalue weighted by Crippen LogP contribution is -2.28. The first-order chi connectivity index (χ1) is 7.22. The number of carbonyl (C=O) groups is 1. The maximum Gasteiger partial charge on any atom is 0.340 e. The van der Waals surface area contributed by atoms with Gasteiger partial charge in [-0.3, -0.25) is 0 Å². The van der Waals surface area contributed by atoms with Crippen LogP contribution in [0.5, 0.6) is 5.75 Å². The quantitative estimate of drug-likeness (QED) is 0.711. The lowest BCUT2D eigenvalue weighted by molar-refractivity contribution is 0.0600. The number of methoxy groups -OCH3 is 1. The van der Waals surface area contributed by atoms with Crippen LogP contribution in [0.25, 0.3) is 0 Å². The van der Waals surface area contributed by atoms with Crippen molar-refractivity contribution < 1.29 is 14.3 Å². The summed E-state index contributed by atoms with van der Waals surface area (Å²) >= 11 is 0. The molecule has 4 heteroatoms. The smallest absolute Gasteiger partial charge is 0.340 e. The van der Waals surface area contributed by atoms with Gasteiger partial charge in [0, 0.05) is 0 Å². The van der Waals surface area contributed by atoms with E-state index >= 15 is 0 Å². The van der Waals surface area contributed by atoms with Gasteiger partial charge in [0.1, 0.15) is 11.9 Å². The van der Waals surface area contributed by atoms with E-state index in [1.807, 2.05) is 13.0 Å². The molecule has 2 rings (SSSR count). The third-order valence-corrected chi connectivity index (χ3v) is 2.33. The summed E-state index contributed by atoms with van der Waals surface area (Å²) in [6.07, 6.45) is 0.116. The largest absolute Gasteiger partial charge is 0.487 e. The average Bonchev–Trinajstić information content (AvgIpc) is 2.26. The van der Waals surface area contributed by atoms with E-state index in [0.29, 0.717) is 17.9 Å². The molecule has 1 unspecified atom stereocenters.